The maximum Gasteiger partial charge on any atom is 0.121 e. The highest BCUT2D eigenvalue weighted by molar-refractivity contribution is 7.07. The van der Waals surface area contributed by atoms with E-state index in [2.05, 4.69) is 11.1 Å². The fourth-order valence-electron chi connectivity index (χ4n) is 1.69. The molecule has 0 aliphatic carbocycles. The molecule has 0 saturated heterocycles. The van der Waals surface area contributed by atoms with Gasteiger partial charge in [-0.3, -0.25) is 0 Å². The minimum Gasteiger partial charge on any atom is -0.497 e. The molecule has 0 fully saturated rings. The first-order chi connectivity index (χ1) is 8.74. The molecule has 0 bridgehead atoms. The summed E-state index contributed by atoms with van der Waals surface area (Å²) in [4.78, 5) is 6.24. The van der Waals surface area contributed by atoms with Crippen molar-refractivity contribution < 1.29 is 4.74 Å². The Morgan fingerprint density at radius 2 is 2.33 bits per heavy atom. The van der Waals surface area contributed by atoms with Crippen molar-refractivity contribution in [3.63, 3.8) is 0 Å². The monoisotopic (exact) mass is 259 g/mol. The molecule has 0 saturated carbocycles. The first-order valence-electron chi connectivity index (χ1n) is 5.41. The van der Waals surface area contributed by atoms with Gasteiger partial charge in [0.2, 0.25) is 0 Å². The van der Waals surface area contributed by atoms with Crippen LogP contribution in [0.1, 0.15) is 11.3 Å². The van der Waals surface area contributed by atoms with Crippen molar-refractivity contribution in [2.75, 3.05) is 19.1 Å². The van der Waals surface area contributed by atoms with Crippen LogP contribution >= 0.6 is 11.3 Å². The van der Waals surface area contributed by atoms with Crippen LogP contribution in [0.15, 0.2) is 29.1 Å². The molecular weight excluding hydrogens is 246 g/mol. The molecule has 1 aromatic heterocycles. The van der Waals surface area contributed by atoms with Crippen molar-refractivity contribution >= 4 is 17.0 Å². The lowest BCUT2D eigenvalue weighted by Gasteiger charge is -2.20. The van der Waals surface area contributed by atoms with Gasteiger partial charge in [-0.1, -0.05) is 0 Å². The lowest BCUT2D eigenvalue weighted by atomic mass is 10.1. The Morgan fingerprint density at radius 3 is 2.94 bits per heavy atom. The molecule has 0 unspecified atom stereocenters. The molecule has 0 amide bonds. The summed E-state index contributed by atoms with van der Waals surface area (Å²) in [5.74, 6) is 0.745. The van der Waals surface area contributed by atoms with E-state index in [1.165, 1.54) is 0 Å². The number of benzene rings is 1. The van der Waals surface area contributed by atoms with E-state index < -0.39 is 0 Å². The average molecular weight is 259 g/mol. The first-order valence-corrected chi connectivity index (χ1v) is 6.35. The number of thiazole rings is 1. The van der Waals surface area contributed by atoms with Gasteiger partial charge in [-0.05, 0) is 12.1 Å². The molecule has 2 rings (SSSR count). The SMILES string of the molecule is COc1ccc(C#N)c(N(C)Cc2cscn2)c1. The van der Waals surface area contributed by atoms with E-state index in [1.54, 1.807) is 36.1 Å². The highest BCUT2D eigenvalue weighted by atomic mass is 32.1. The summed E-state index contributed by atoms with van der Waals surface area (Å²) >= 11 is 1.57. The largest absolute Gasteiger partial charge is 0.497 e. The second-order valence-corrected chi connectivity index (χ2v) is 4.55. The number of hydrogen-bond acceptors (Lipinski definition) is 5. The van der Waals surface area contributed by atoms with Crippen LogP contribution in [0.5, 0.6) is 5.75 Å². The first kappa shape index (κ1) is 12.4. The predicted molar refractivity (Wildman–Crippen MR) is 71.9 cm³/mol. The summed E-state index contributed by atoms with van der Waals surface area (Å²) in [6.45, 7) is 0.672. The maximum atomic E-state index is 9.13. The van der Waals surface area contributed by atoms with Gasteiger partial charge in [0.15, 0.2) is 0 Å². The van der Waals surface area contributed by atoms with Crippen molar-refractivity contribution in [1.82, 2.24) is 4.98 Å². The van der Waals surface area contributed by atoms with Crippen molar-refractivity contribution in [3.05, 3.63) is 40.3 Å². The topological polar surface area (TPSA) is 49.1 Å². The summed E-state index contributed by atoms with van der Waals surface area (Å²) in [6, 6.07) is 7.62. The zero-order valence-corrected chi connectivity index (χ0v) is 11.1. The Balaban J connectivity index is 2.28. The fourth-order valence-corrected chi connectivity index (χ4v) is 2.24. The van der Waals surface area contributed by atoms with Gasteiger partial charge in [0, 0.05) is 18.5 Å². The lowest BCUT2D eigenvalue weighted by Crippen LogP contribution is -2.17. The quantitative estimate of drug-likeness (QED) is 0.847. The number of methoxy groups -OCH3 is 1. The van der Waals surface area contributed by atoms with Crippen LogP contribution < -0.4 is 9.64 Å². The van der Waals surface area contributed by atoms with E-state index in [9.17, 15) is 0 Å². The molecule has 18 heavy (non-hydrogen) atoms. The van der Waals surface area contributed by atoms with Gasteiger partial charge in [-0.25, -0.2) is 4.98 Å². The number of hydrogen-bond donors (Lipinski definition) is 0. The molecule has 5 heteroatoms. The molecule has 1 heterocycles. The van der Waals surface area contributed by atoms with Gasteiger partial charge in [0.05, 0.1) is 36.1 Å². The summed E-state index contributed by atoms with van der Waals surface area (Å²) < 4.78 is 5.19. The van der Waals surface area contributed by atoms with Crippen molar-refractivity contribution in [1.29, 1.82) is 5.26 Å². The Kier molecular flexibility index (Phi) is 3.80. The Bertz CT molecular complexity index is 560. The highest BCUT2D eigenvalue weighted by Crippen LogP contribution is 2.25. The second-order valence-electron chi connectivity index (χ2n) is 3.83. The summed E-state index contributed by atoms with van der Waals surface area (Å²) in [5.41, 5.74) is 4.28. The minimum absolute atomic E-state index is 0.633. The Hall–Kier alpha value is -2.06. The zero-order chi connectivity index (χ0) is 13.0. The molecule has 92 valence electrons. The van der Waals surface area contributed by atoms with Gasteiger partial charge in [0.25, 0.3) is 0 Å². The van der Waals surface area contributed by atoms with Crippen LogP contribution in [-0.4, -0.2) is 19.1 Å². The number of aromatic nitrogens is 1. The van der Waals surface area contributed by atoms with Crippen LogP contribution in [0.3, 0.4) is 0 Å². The molecule has 2 aromatic rings. The van der Waals surface area contributed by atoms with Crippen molar-refractivity contribution in [2.45, 2.75) is 6.54 Å². The van der Waals surface area contributed by atoms with Crippen molar-refractivity contribution in [3.8, 4) is 11.8 Å². The standard InChI is InChI=1S/C13H13N3OS/c1-16(7-11-8-18-9-15-11)13-5-12(17-2)4-3-10(13)6-14/h3-5,8-9H,7H2,1-2H3. The van der Waals surface area contributed by atoms with Crippen LogP contribution in [0.25, 0.3) is 0 Å². The van der Waals surface area contributed by atoms with Gasteiger partial charge in [-0.2, -0.15) is 5.26 Å². The zero-order valence-electron chi connectivity index (χ0n) is 10.3. The highest BCUT2D eigenvalue weighted by Gasteiger charge is 2.10. The molecule has 0 radical (unpaired) electrons. The van der Waals surface area contributed by atoms with E-state index >= 15 is 0 Å². The van der Waals surface area contributed by atoms with Gasteiger partial charge in [0.1, 0.15) is 11.8 Å². The Morgan fingerprint density at radius 1 is 1.50 bits per heavy atom. The summed E-state index contributed by atoms with van der Waals surface area (Å²) in [6.07, 6.45) is 0. The summed E-state index contributed by atoms with van der Waals surface area (Å²) in [7, 11) is 3.56. The molecule has 0 atom stereocenters. The summed E-state index contributed by atoms with van der Waals surface area (Å²) in [5, 5.41) is 11.1. The van der Waals surface area contributed by atoms with Crippen LogP contribution in [-0.2, 0) is 6.54 Å². The van der Waals surface area contributed by atoms with E-state index in [1.807, 2.05) is 23.4 Å². The minimum atomic E-state index is 0.633. The maximum absolute atomic E-state index is 9.13. The van der Waals surface area contributed by atoms with E-state index in [-0.39, 0.29) is 0 Å². The van der Waals surface area contributed by atoms with Gasteiger partial charge in [-0.15, -0.1) is 11.3 Å². The predicted octanol–water partition coefficient (Wildman–Crippen LogP) is 2.66. The van der Waals surface area contributed by atoms with Crippen molar-refractivity contribution in [2.24, 2.45) is 0 Å². The fraction of sp³-hybridized carbons (Fsp3) is 0.231. The van der Waals surface area contributed by atoms with Crippen LogP contribution in [0.2, 0.25) is 0 Å². The molecule has 0 aliphatic rings. The number of nitriles is 1. The lowest BCUT2D eigenvalue weighted by molar-refractivity contribution is 0.415. The third-order valence-corrected chi connectivity index (χ3v) is 3.25. The van der Waals surface area contributed by atoms with E-state index in [0.717, 1.165) is 17.1 Å². The third-order valence-electron chi connectivity index (χ3n) is 2.62. The number of rotatable bonds is 4. The third kappa shape index (κ3) is 2.60. The normalized spacial score (nSPS) is 9.83. The number of nitrogens with zero attached hydrogens (tertiary/aromatic N) is 3. The van der Waals surface area contributed by atoms with E-state index in [0.29, 0.717) is 12.1 Å². The molecule has 0 N–H and O–H groups in total. The molecule has 4 nitrogen and oxygen atoms in total. The molecule has 1 aromatic carbocycles. The molecule has 0 aliphatic heterocycles. The van der Waals surface area contributed by atoms with Gasteiger partial charge < -0.3 is 9.64 Å². The van der Waals surface area contributed by atoms with E-state index in [4.69, 9.17) is 10.00 Å². The number of anilines is 1. The van der Waals surface area contributed by atoms with Crippen LogP contribution in [0.4, 0.5) is 5.69 Å². The smallest absolute Gasteiger partial charge is 0.121 e. The number of ether oxygens (including phenoxy) is 1. The average Bonchev–Trinajstić information content (AvgIpc) is 2.90. The Labute approximate surface area is 110 Å². The molecule has 0 spiro atoms. The van der Waals surface area contributed by atoms with Gasteiger partial charge >= 0.3 is 0 Å². The second kappa shape index (κ2) is 5.52. The molecular formula is C13H13N3OS. The van der Waals surface area contributed by atoms with Crippen LogP contribution in [0, 0.1) is 11.3 Å².